The summed E-state index contributed by atoms with van der Waals surface area (Å²) in [6.07, 6.45) is 55.1. The maximum Gasteiger partial charge on any atom is 0.220 e. The molecule has 46 heavy (non-hydrogen) atoms. The molecule has 0 fully saturated rings. The average molecular weight is 636 g/mol. The Morgan fingerprint density at radius 3 is 1.52 bits per heavy atom. The summed E-state index contributed by atoms with van der Waals surface area (Å²) in [6.45, 7) is 3.92. The van der Waals surface area contributed by atoms with Crippen molar-refractivity contribution in [2.75, 3.05) is 6.61 Å². The molecule has 0 aliphatic carbocycles. The molecule has 0 aromatic carbocycles. The van der Waals surface area contributed by atoms with Crippen molar-refractivity contribution in [3.63, 3.8) is 0 Å². The lowest BCUT2D eigenvalue weighted by atomic mass is 10.1. The van der Waals surface area contributed by atoms with Gasteiger partial charge in [-0.1, -0.05) is 149 Å². The molecule has 0 aromatic rings. The fourth-order valence-electron chi connectivity index (χ4n) is 4.83. The number of hydrogen-bond donors (Lipinski definition) is 3. The van der Waals surface area contributed by atoms with Gasteiger partial charge in [0.1, 0.15) is 0 Å². The average Bonchev–Trinajstić information content (AvgIpc) is 3.06. The Bertz CT molecular complexity index is 906. The van der Waals surface area contributed by atoms with Crippen LogP contribution in [0.4, 0.5) is 0 Å². The molecule has 2 atom stereocenters. The molecular weight excluding hydrogens is 566 g/mol. The smallest absolute Gasteiger partial charge is 0.220 e. The van der Waals surface area contributed by atoms with Gasteiger partial charge in [-0.25, -0.2) is 0 Å². The maximum absolute atomic E-state index is 12.3. The molecule has 0 heterocycles. The van der Waals surface area contributed by atoms with Crippen LogP contribution in [-0.4, -0.2) is 34.9 Å². The monoisotopic (exact) mass is 636 g/mol. The van der Waals surface area contributed by atoms with Crippen molar-refractivity contribution in [3.05, 3.63) is 97.2 Å². The predicted octanol–water partition coefficient (Wildman–Crippen LogP) is 11.1. The molecule has 0 aliphatic rings. The quantitative estimate of drug-likeness (QED) is 0.0524. The van der Waals surface area contributed by atoms with Crippen LogP contribution in [0.3, 0.4) is 0 Å². The highest BCUT2D eigenvalue weighted by Gasteiger charge is 2.17. The summed E-state index contributed by atoms with van der Waals surface area (Å²) in [7, 11) is 0. The van der Waals surface area contributed by atoms with E-state index >= 15 is 0 Å². The highest BCUT2D eigenvalue weighted by Crippen LogP contribution is 2.12. The molecule has 0 aliphatic heterocycles. The van der Waals surface area contributed by atoms with Gasteiger partial charge >= 0.3 is 0 Å². The Hall–Kier alpha value is -2.69. The van der Waals surface area contributed by atoms with Gasteiger partial charge in [0.15, 0.2) is 0 Å². The minimum Gasteiger partial charge on any atom is -0.394 e. The van der Waals surface area contributed by atoms with Gasteiger partial charge < -0.3 is 15.5 Å². The summed E-state index contributed by atoms with van der Waals surface area (Å²) in [6, 6.07) is -0.652. The third-order valence-corrected chi connectivity index (χ3v) is 7.62. The standard InChI is InChI=1S/C42H69NO3/c1-3-5-7-9-11-13-14-15-16-17-18-19-20-21-22-23-24-25-26-27-28-30-32-34-36-38-42(46)43-40(39-44)41(45)37-35-33-31-29-12-10-8-6-4-2/h4-7,11-13,15-16,18-19,21-22,29,35,37,40-41,44-45H,3,8-10,14,17,20,23-28,30-34,36,38-39H2,1-2H3,(H,43,46)/b6-4+,7-5-,13-11-,16-15-,19-18-,22-21-,29-12+,37-35+. The van der Waals surface area contributed by atoms with Gasteiger partial charge in [0.2, 0.25) is 5.91 Å². The van der Waals surface area contributed by atoms with Gasteiger partial charge in [-0.05, 0) is 84.0 Å². The van der Waals surface area contributed by atoms with E-state index in [1.165, 1.54) is 44.9 Å². The van der Waals surface area contributed by atoms with Gasteiger partial charge in [-0.2, -0.15) is 0 Å². The van der Waals surface area contributed by atoms with Crippen molar-refractivity contribution in [1.29, 1.82) is 0 Å². The van der Waals surface area contributed by atoms with Gasteiger partial charge in [0, 0.05) is 6.42 Å². The zero-order valence-electron chi connectivity index (χ0n) is 29.5. The molecular formula is C42H69NO3. The molecule has 4 nitrogen and oxygen atoms in total. The van der Waals surface area contributed by atoms with Crippen LogP contribution >= 0.6 is 0 Å². The van der Waals surface area contributed by atoms with Crippen LogP contribution in [0.2, 0.25) is 0 Å². The summed E-state index contributed by atoms with van der Waals surface area (Å²) < 4.78 is 0. The molecule has 3 N–H and O–H groups in total. The van der Waals surface area contributed by atoms with E-state index in [4.69, 9.17) is 0 Å². The Balaban J connectivity index is 3.65. The number of hydrogen-bond acceptors (Lipinski definition) is 3. The fraction of sp³-hybridized carbons (Fsp3) is 0.595. The summed E-state index contributed by atoms with van der Waals surface area (Å²) in [4.78, 5) is 12.3. The third kappa shape index (κ3) is 32.7. The highest BCUT2D eigenvalue weighted by molar-refractivity contribution is 5.76. The number of allylic oxidation sites excluding steroid dienone is 15. The van der Waals surface area contributed by atoms with Crippen molar-refractivity contribution in [2.45, 2.75) is 154 Å². The molecule has 0 saturated heterocycles. The van der Waals surface area contributed by atoms with Crippen LogP contribution in [0.25, 0.3) is 0 Å². The molecule has 1 amide bonds. The van der Waals surface area contributed by atoms with E-state index in [2.05, 4.69) is 97.3 Å². The molecule has 0 saturated carbocycles. The van der Waals surface area contributed by atoms with E-state index in [1.807, 2.05) is 13.0 Å². The molecule has 0 spiro atoms. The predicted molar refractivity (Wildman–Crippen MR) is 202 cm³/mol. The molecule has 0 aromatic heterocycles. The number of amides is 1. The second kappa shape index (κ2) is 36.8. The second-order valence-electron chi connectivity index (χ2n) is 11.9. The normalized spacial score (nSPS) is 14.3. The topological polar surface area (TPSA) is 69.6 Å². The van der Waals surface area contributed by atoms with E-state index in [0.717, 1.165) is 77.0 Å². The van der Waals surface area contributed by atoms with Crippen LogP contribution < -0.4 is 5.32 Å². The Kier molecular flexibility index (Phi) is 34.6. The van der Waals surface area contributed by atoms with E-state index in [9.17, 15) is 15.0 Å². The first-order chi connectivity index (χ1) is 22.7. The first-order valence-corrected chi connectivity index (χ1v) is 18.4. The van der Waals surface area contributed by atoms with E-state index in [-0.39, 0.29) is 12.5 Å². The van der Waals surface area contributed by atoms with Crippen LogP contribution in [0.15, 0.2) is 97.2 Å². The van der Waals surface area contributed by atoms with Crippen LogP contribution in [0.5, 0.6) is 0 Å². The van der Waals surface area contributed by atoms with Crippen molar-refractivity contribution in [2.24, 2.45) is 0 Å². The summed E-state index contributed by atoms with van der Waals surface area (Å²) >= 11 is 0. The molecule has 4 heteroatoms. The lowest BCUT2D eigenvalue weighted by Crippen LogP contribution is -2.45. The molecule has 2 unspecified atom stereocenters. The molecule has 260 valence electrons. The second-order valence-corrected chi connectivity index (χ2v) is 11.9. The van der Waals surface area contributed by atoms with E-state index in [0.29, 0.717) is 6.42 Å². The maximum atomic E-state index is 12.3. The molecule has 0 bridgehead atoms. The number of aliphatic hydroxyl groups is 2. The SMILES string of the molecule is C/C=C/CC/C=C/CC/C=C/C(O)C(CO)NC(=O)CCCCCCCCCCC/C=C\C/C=C\C/C=C\C/C=C\C/C=C\CC. The van der Waals surface area contributed by atoms with Crippen molar-refractivity contribution >= 4 is 5.91 Å². The van der Waals surface area contributed by atoms with Crippen LogP contribution in [-0.2, 0) is 4.79 Å². The number of carbonyl (C=O) groups is 1. The number of aliphatic hydroxyl groups excluding tert-OH is 2. The van der Waals surface area contributed by atoms with Crippen LogP contribution in [0, 0.1) is 0 Å². The summed E-state index contributed by atoms with van der Waals surface area (Å²) in [5, 5.41) is 22.7. The Morgan fingerprint density at radius 2 is 1.00 bits per heavy atom. The third-order valence-electron chi connectivity index (χ3n) is 7.62. The largest absolute Gasteiger partial charge is 0.394 e. The zero-order chi connectivity index (χ0) is 33.6. The number of unbranched alkanes of at least 4 members (excludes halogenated alkanes) is 11. The number of nitrogens with one attached hydrogen (secondary N) is 1. The van der Waals surface area contributed by atoms with Crippen LogP contribution in [0.1, 0.15) is 142 Å². The molecule has 0 radical (unpaired) electrons. The first kappa shape index (κ1) is 43.3. The minimum atomic E-state index is -0.875. The van der Waals surface area contributed by atoms with Gasteiger partial charge in [0.25, 0.3) is 0 Å². The minimum absolute atomic E-state index is 0.0944. The van der Waals surface area contributed by atoms with Crippen molar-refractivity contribution < 1.29 is 15.0 Å². The van der Waals surface area contributed by atoms with Crippen molar-refractivity contribution in [1.82, 2.24) is 5.32 Å². The highest BCUT2D eigenvalue weighted by atomic mass is 16.3. The number of carbonyl (C=O) groups excluding carboxylic acids is 1. The van der Waals surface area contributed by atoms with E-state index in [1.54, 1.807) is 6.08 Å². The lowest BCUT2D eigenvalue weighted by Gasteiger charge is -2.19. The molecule has 0 rings (SSSR count). The van der Waals surface area contributed by atoms with Gasteiger partial charge in [-0.15, -0.1) is 0 Å². The summed E-state index contributed by atoms with van der Waals surface area (Å²) in [5.74, 6) is -0.0944. The van der Waals surface area contributed by atoms with Gasteiger partial charge in [0.05, 0.1) is 18.8 Å². The van der Waals surface area contributed by atoms with Gasteiger partial charge in [-0.3, -0.25) is 4.79 Å². The lowest BCUT2D eigenvalue weighted by molar-refractivity contribution is -0.123. The zero-order valence-corrected chi connectivity index (χ0v) is 29.5. The summed E-state index contributed by atoms with van der Waals surface area (Å²) in [5.41, 5.74) is 0. The van der Waals surface area contributed by atoms with Crippen molar-refractivity contribution in [3.8, 4) is 0 Å². The first-order valence-electron chi connectivity index (χ1n) is 18.4. The number of rotatable bonds is 31. The van der Waals surface area contributed by atoms with E-state index < -0.39 is 12.1 Å². The Morgan fingerprint density at radius 1 is 0.565 bits per heavy atom. The fourth-order valence-corrected chi connectivity index (χ4v) is 4.83. The Labute approximate surface area is 283 Å².